The first kappa shape index (κ1) is 13.5. The Morgan fingerprint density at radius 3 is 2.65 bits per heavy atom. The van der Waals surface area contributed by atoms with E-state index in [-0.39, 0.29) is 17.9 Å². The fraction of sp³-hybridized carbons (Fsp3) is 0.455. The first-order valence-corrected chi connectivity index (χ1v) is 5.10. The summed E-state index contributed by atoms with van der Waals surface area (Å²) < 4.78 is 13.1. The quantitative estimate of drug-likeness (QED) is 0.621. The molecule has 0 radical (unpaired) electrons. The molecule has 0 aliphatic carbocycles. The summed E-state index contributed by atoms with van der Waals surface area (Å²) in [4.78, 5) is 10.2. The van der Waals surface area contributed by atoms with E-state index in [2.05, 4.69) is 0 Å². The third kappa shape index (κ3) is 2.78. The monoisotopic (exact) mass is 242 g/mol. The molecule has 0 aliphatic rings. The van der Waals surface area contributed by atoms with Crippen LogP contribution in [0.2, 0.25) is 0 Å². The minimum atomic E-state index is -0.816. The summed E-state index contributed by atoms with van der Waals surface area (Å²) in [5, 5.41) is 20.0. The van der Waals surface area contributed by atoms with Crippen molar-refractivity contribution < 1.29 is 14.4 Å². The molecule has 1 aromatic carbocycles. The zero-order valence-electron chi connectivity index (χ0n) is 9.68. The van der Waals surface area contributed by atoms with Crippen molar-refractivity contribution in [1.82, 2.24) is 0 Å². The van der Waals surface area contributed by atoms with Crippen molar-refractivity contribution in [3.63, 3.8) is 0 Å². The molecule has 0 fully saturated rings. The number of halogens is 1. The normalized spacial score (nSPS) is 13.5. The summed E-state index contributed by atoms with van der Waals surface area (Å²) in [5.41, 5.74) is 4.95. The first-order chi connectivity index (χ1) is 7.79. The van der Waals surface area contributed by atoms with Crippen LogP contribution in [0.15, 0.2) is 18.2 Å². The number of nitrogens with zero attached hydrogens (tertiary/aromatic N) is 1. The van der Waals surface area contributed by atoms with E-state index in [1.807, 2.05) is 0 Å². The second-order valence-corrected chi connectivity index (χ2v) is 4.58. The Labute approximate surface area is 98.2 Å². The van der Waals surface area contributed by atoms with Crippen LogP contribution in [0.4, 0.5) is 10.1 Å². The third-order valence-corrected chi connectivity index (χ3v) is 2.77. The Balaban J connectivity index is 3.29. The number of nitrogens with two attached hydrogens (primary N) is 1. The molecule has 1 aromatic rings. The molecule has 0 aromatic heterocycles. The van der Waals surface area contributed by atoms with Gasteiger partial charge in [-0.15, -0.1) is 0 Å². The van der Waals surface area contributed by atoms with E-state index in [4.69, 9.17) is 5.73 Å². The Hall–Kier alpha value is -1.53. The molecule has 0 amide bonds. The smallest absolute Gasteiger partial charge is 0.274 e. The Morgan fingerprint density at radius 2 is 2.18 bits per heavy atom. The van der Waals surface area contributed by atoms with E-state index < -0.39 is 22.2 Å². The van der Waals surface area contributed by atoms with E-state index in [1.165, 1.54) is 0 Å². The number of hydrogen-bond donors (Lipinski definition) is 2. The van der Waals surface area contributed by atoms with Crippen molar-refractivity contribution in [3.8, 4) is 0 Å². The molecule has 0 saturated carbocycles. The summed E-state index contributed by atoms with van der Waals surface area (Å²) in [5.74, 6) is -0.588. The van der Waals surface area contributed by atoms with Crippen molar-refractivity contribution in [2.75, 3.05) is 6.61 Å². The van der Waals surface area contributed by atoms with Crippen LogP contribution < -0.4 is 5.73 Å². The van der Waals surface area contributed by atoms with Crippen molar-refractivity contribution in [3.05, 3.63) is 39.7 Å². The Morgan fingerprint density at radius 1 is 1.59 bits per heavy atom. The predicted molar refractivity (Wildman–Crippen MR) is 60.8 cm³/mol. The summed E-state index contributed by atoms with van der Waals surface area (Å²) in [7, 11) is 0. The lowest BCUT2D eigenvalue weighted by atomic mass is 9.81. The Kier molecular flexibility index (Phi) is 3.79. The number of nitro benzene ring substituents is 1. The van der Waals surface area contributed by atoms with Gasteiger partial charge in [-0.1, -0.05) is 13.8 Å². The van der Waals surface area contributed by atoms with Gasteiger partial charge in [0.1, 0.15) is 5.82 Å². The van der Waals surface area contributed by atoms with E-state index >= 15 is 0 Å². The van der Waals surface area contributed by atoms with E-state index in [0.29, 0.717) is 0 Å². The third-order valence-electron chi connectivity index (χ3n) is 2.77. The maximum atomic E-state index is 13.1. The fourth-order valence-corrected chi connectivity index (χ4v) is 1.46. The molecule has 0 unspecified atom stereocenters. The molecule has 6 heteroatoms. The van der Waals surface area contributed by atoms with E-state index in [9.17, 15) is 19.6 Å². The summed E-state index contributed by atoms with van der Waals surface area (Å²) in [6.45, 7) is 3.07. The first-order valence-electron chi connectivity index (χ1n) is 5.10. The van der Waals surface area contributed by atoms with Gasteiger partial charge in [0.05, 0.1) is 10.5 Å². The molecule has 0 bridgehead atoms. The van der Waals surface area contributed by atoms with E-state index in [1.54, 1.807) is 13.8 Å². The fourth-order valence-electron chi connectivity index (χ4n) is 1.46. The number of hydrogen-bond acceptors (Lipinski definition) is 4. The van der Waals surface area contributed by atoms with Gasteiger partial charge in [-0.25, -0.2) is 4.39 Å². The predicted octanol–water partition coefficient (Wildman–Crippen LogP) is 1.75. The van der Waals surface area contributed by atoms with Crippen molar-refractivity contribution in [2.24, 2.45) is 11.1 Å². The molecular formula is C11H15FN2O3. The lowest BCUT2D eigenvalue weighted by molar-refractivity contribution is -0.386. The molecule has 0 saturated heterocycles. The molecule has 1 atom stereocenters. The molecule has 5 nitrogen and oxygen atoms in total. The van der Waals surface area contributed by atoms with Gasteiger partial charge in [0, 0.05) is 24.1 Å². The molecule has 0 heterocycles. The minimum absolute atomic E-state index is 0.0917. The largest absolute Gasteiger partial charge is 0.396 e. The maximum absolute atomic E-state index is 13.1. The maximum Gasteiger partial charge on any atom is 0.274 e. The average molecular weight is 242 g/mol. The number of nitro groups is 1. The highest BCUT2D eigenvalue weighted by Gasteiger charge is 2.32. The average Bonchev–Trinajstić information content (AvgIpc) is 2.27. The van der Waals surface area contributed by atoms with Crippen molar-refractivity contribution in [1.29, 1.82) is 0 Å². The highest BCUT2D eigenvalue weighted by Crippen LogP contribution is 2.35. The SMILES string of the molecule is CC(C)(CO)[C@H](N)c1cc(F)ccc1[N+](=O)[O-]. The van der Waals surface area contributed by atoms with Gasteiger partial charge in [-0.2, -0.15) is 0 Å². The summed E-state index contributed by atoms with van der Waals surface area (Å²) in [6, 6.07) is 2.32. The van der Waals surface area contributed by atoms with Gasteiger partial charge in [-0.05, 0) is 12.1 Å². The number of benzene rings is 1. The van der Waals surface area contributed by atoms with Crippen molar-refractivity contribution in [2.45, 2.75) is 19.9 Å². The van der Waals surface area contributed by atoms with Gasteiger partial charge in [0.2, 0.25) is 0 Å². The van der Waals surface area contributed by atoms with Gasteiger partial charge >= 0.3 is 0 Å². The van der Waals surface area contributed by atoms with Gasteiger partial charge in [-0.3, -0.25) is 10.1 Å². The number of aliphatic hydroxyl groups is 1. The molecule has 0 spiro atoms. The molecule has 0 aliphatic heterocycles. The van der Waals surface area contributed by atoms with Crippen LogP contribution in [0, 0.1) is 21.3 Å². The molecular weight excluding hydrogens is 227 g/mol. The van der Waals surface area contributed by atoms with Gasteiger partial charge < -0.3 is 10.8 Å². The zero-order chi connectivity index (χ0) is 13.2. The number of rotatable bonds is 4. The van der Waals surface area contributed by atoms with Gasteiger partial charge in [0.15, 0.2) is 0 Å². The zero-order valence-corrected chi connectivity index (χ0v) is 9.68. The molecule has 1 rings (SSSR count). The van der Waals surface area contributed by atoms with Crippen LogP contribution in [0.3, 0.4) is 0 Å². The van der Waals surface area contributed by atoms with Crippen molar-refractivity contribution >= 4 is 5.69 Å². The molecule has 94 valence electrons. The van der Waals surface area contributed by atoms with Crippen LogP contribution >= 0.6 is 0 Å². The minimum Gasteiger partial charge on any atom is -0.396 e. The summed E-state index contributed by atoms with van der Waals surface area (Å²) >= 11 is 0. The van der Waals surface area contributed by atoms with Crippen LogP contribution in [-0.4, -0.2) is 16.6 Å². The van der Waals surface area contributed by atoms with Crippen LogP contribution in [0.5, 0.6) is 0 Å². The lowest BCUT2D eigenvalue weighted by Crippen LogP contribution is -2.33. The number of aliphatic hydroxyl groups excluding tert-OH is 1. The highest BCUT2D eigenvalue weighted by molar-refractivity contribution is 5.43. The summed E-state index contributed by atoms with van der Waals surface area (Å²) in [6.07, 6.45) is 0. The van der Waals surface area contributed by atoms with E-state index in [0.717, 1.165) is 18.2 Å². The topological polar surface area (TPSA) is 89.4 Å². The lowest BCUT2D eigenvalue weighted by Gasteiger charge is -2.29. The highest BCUT2D eigenvalue weighted by atomic mass is 19.1. The Bertz CT molecular complexity index is 435. The standard InChI is InChI=1S/C11H15FN2O3/c1-11(2,6-15)10(13)8-5-7(12)3-4-9(8)14(16)17/h3-5,10,15H,6,13H2,1-2H3/t10-/m1/s1. The van der Waals surface area contributed by atoms with Crippen LogP contribution in [0.25, 0.3) is 0 Å². The second-order valence-electron chi connectivity index (χ2n) is 4.58. The molecule has 17 heavy (non-hydrogen) atoms. The van der Waals surface area contributed by atoms with Crippen LogP contribution in [0.1, 0.15) is 25.5 Å². The second kappa shape index (κ2) is 4.77. The van der Waals surface area contributed by atoms with Gasteiger partial charge in [0.25, 0.3) is 5.69 Å². The van der Waals surface area contributed by atoms with Crippen LogP contribution in [-0.2, 0) is 0 Å². The molecule has 3 N–H and O–H groups in total.